The quantitative estimate of drug-likeness (QED) is 0.644. The number of carbonyl (C=O) groups excluding carboxylic acids is 1. The van der Waals surface area contributed by atoms with Crippen molar-refractivity contribution in [3.8, 4) is 11.8 Å². The first kappa shape index (κ1) is 21.0. The second-order valence-corrected chi connectivity index (χ2v) is 7.34. The van der Waals surface area contributed by atoms with Gasteiger partial charge in [-0.15, -0.1) is 0 Å². The van der Waals surface area contributed by atoms with Crippen molar-refractivity contribution in [2.24, 2.45) is 0 Å². The Kier molecular flexibility index (Phi) is 6.99. The molecule has 1 aliphatic heterocycles. The first-order valence-electron chi connectivity index (χ1n) is 9.80. The van der Waals surface area contributed by atoms with E-state index in [9.17, 15) is 15.0 Å². The Morgan fingerprint density at radius 2 is 2.00 bits per heavy atom. The monoisotopic (exact) mass is 393 g/mol. The minimum Gasteiger partial charge on any atom is -0.395 e. The van der Waals surface area contributed by atoms with Crippen LogP contribution < -0.4 is 5.32 Å². The zero-order valence-corrected chi connectivity index (χ0v) is 16.7. The van der Waals surface area contributed by atoms with Gasteiger partial charge >= 0.3 is 0 Å². The number of likely N-dealkylation sites (tertiary alicyclic amines) is 1. The molecule has 0 spiro atoms. The molecule has 1 aromatic heterocycles. The standard InChI is InChI=1S/C23H27N3O3/c1-16(28)6-7-18-8-10-19(11-9-18)23-21(13-25-17(2)29)26(22(23)15-27)14-20-5-3-4-12-24-20/h3-5,8-12,16,21-23,27-28H,13-15H2,1-2H3,(H,25,29)/t16-,21-,22-,23-/m1/s1. The van der Waals surface area contributed by atoms with Gasteiger partial charge in [0.15, 0.2) is 0 Å². The molecule has 29 heavy (non-hydrogen) atoms. The molecule has 6 nitrogen and oxygen atoms in total. The van der Waals surface area contributed by atoms with E-state index in [0.29, 0.717) is 13.1 Å². The van der Waals surface area contributed by atoms with Crippen LogP contribution in [0.1, 0.15) is 36.6 Å². The predicted octanol–water partition coefficient (Wildman–Crippen LogP) is 1.28. The van der Waals surface area contributed by atoms with Gasteiger partial charge in [0.25, 0.3) is 0 Å². The Hall–Kier alpha value is -2.72. The van der Waals surface area contributed by atoms with Crippen molar-refractivity contribution < 1.29 is 15.0 Å². The highest BCUT2D eigenvalue weighted by molar-refractivity contribution is 5.72. The van der Waals surface area contributed by atoms with Crippen LogP contribution in [0, 0.1) is 11.8 Å². The third-order valence-corrected chi connectivity index (χ3v) is 5.22. The van der Waals surface area contributed by atoms with Crippen LogP contribution in [0.15, 0.2) is 48.7 Å². The highest BCUT2D eigenvalue weighted by Gasteiger charge is 2.48. The maximum Gasteiger partial charge on any atom is 0.216 e. The summed E-state index contributed by atoms with van der Waals surface area (Å²) in [7, 11) is 0. The molecular weight excluding hydrogens is 366 g/mol. The average molecular weight is 393 g/mol. The van der Waals surface area contributed by atoms with Crippen LogP contribution >= 0.6 is 0 Å². The van der Waals surface area contributed by atoms with E-state index in [2.05, 4.69) is 27.0 Å². The summed E-state index contributed by atoms with van der Waals surface area (Å²) >= 11 is 0. The normalized spacial score (nSPS) is 22.1. The van der Waals surface area contributed by atoms with Crippen molar-refractivity contribution in [1.82, 2.24) is 15.2 Å². The number of aliphatic hydroxyl groups is 2. The molecule has 1 aliphatic rings. The lowest BCUT2D eigenvalue weighted by Crippen LogP contribution is -2.66. The zero-order chi connectivity index (χ0) is 20.8. The molecule has 0 saturated carbocycles. The Balaban J connectivity index is 1.81. The van der Waals surface area contributed by atoms with Crippen molar-refractivity contribution in [2.75, 3.05) is 13.2 Å². The first-order valence-corrected chi connectivity index (χ1v) is 9.80. The number of rotatable bonds is 6. The van der Waals surface area contributed by atoms with Crippen molar-refractivity contribution in [1.29, 1.82) is 0 Å². The van der Waals surface area contributed by atoms with Gasteiger partial charge in [0, 0.05) is 49.8 Å². The maximum absolute atomic E-state index is 11.5. The maximum atomic E-state index is 11.5. The second-order valence-electron chi connectivity index (χ2n) is 7.34. The molecule has 3 rings (SSSR count). The summed E-state index contributed by atoms with van der Waals surface area (Å²) in [5.74, 6) is 5.70. The van der Waals surface area contributed by atoms with Crippen LogP contribution in [0.4, 0.5) is 0 Å². The molecule has 3 N–H and O–H groups in total. The fourth-order valence-corrected chi connectivity index (χ4v) is 3.86. The fourth-order valence-electron chi connectivity index (χ4n) is 3.86. The molecule has 0 unspecified atom stereocenters. The number of amides is 1. The molecule has 1 fully saturated rings. The lowest BCUT2D eigenvalue weighted by molar-refractivity contribution is -0.120. The summed E-state index contributed by atoms with van der Waals surface area (Å²) in [5, 5.41) is 22.3. The van der Waals surface area contributed by atoms with E-state index in [4.69, 9.17) is 0 Å². The number of aromatic nitrogens is 1. The molecule has 0 bridgehead atoms. The van der Waals surface area contributed by atoms with E-state index in [1.807, 2.05) is 42.5 Å². The minimum absolute atomic E-state index is 0.0255. The Morgan fingerprint density at radius 3 is 2.59 bits per heavy atom. The molecule has 2 heterocycles. The fraction of sp³-hybridized carbons (Fsp3) is 0.391. The zero-order valence-electron chi connectivity index (χ0n) is 16.7. The van der Waals surface area contributed by atoms with Crippen LogP contribution in [0.3, 0.4) is 0 Å². The average Bonchev–Trinajstić information content (AvgIpc) is 2.70. The van der Waals surface area contributed by atoms with E-state index in [0.717, 1.165) is 16.8 Å². The van der Waals surface area contributed by atoms with E-state index < -0.39 is 6.10 Å². The second kappa shape index (κ2) is 9.66. The first-order chi connectivity index (χ1) is 14.0. The van der Waals surface area contributed by atoms with Gasteiger partial charge in [0.2, 0.25) is 5.91 Å². The Bertz CT molecular complexity index is 872. The van der Waals surface area contributed by atoms with Crippen molar-refractivity contribution in [3.05, 3.63) is 65.5 Å². The van der Waals surface area contributed by atoms with Gasteiger partial charge in [-0.1, -0.05) is 30.0 Å². The number of hydrogen-bond acceptors (Lipinski definition) is 5. The Labute approximate surface area is 171 Å². The van der Waals surface area contributed by atoms with Crippen molar-refractivity contribution in [3.63, 3.8) is 0 Å². The number of carbonyl (C=O) groups is 1. The predicted molar refractivity (Wildman–Crippen MR) is 111 cm³/mol. The van der Waals surface area contributed by atoms with Gasteiger partial charge in [0.05, 0.1) is 12.3 Å². The van der Waals surface area contributed by atoms with Crippen LogP contribution in [0.25, 0.3) is 0 Å². The molecule has 152 valence electrons. The van der Waals surface area contributed by atoms with E-state index in [-0.39, 0.29) is 30.5 Å². The van der Waals surface area contributed by atoms with Gasteiger partial charge in [-0.25, -0.2) is 0 Å². The number of nitrogens with zero attached hydrogens (tertiary/aromatic N) is 2. The molecule has 6 heteroatoms. The number of benzene rings is 1. The highest BCUT2D eigenvalue weighted by Crippen LogP contribution is 2.41. The van der Waals surface area contributed by atoms with E-state index >= 15 is 0 Å². The molecule has 0 radical (unpaired) electrons. The topological polar surface area (TPSA) is 85.7 Å². The van der Waals surface area contributed by atoms with Crippen molar-refractivity contribution in [2.45, 2.75) is 44.5 Å². The van der Waals surface area contributed by atoms with Crippen LogP contribution in [0.5, 0.6) is 0 Å². The summed E-state index contributed by atoms with van der Waals surface area (Å²) in [6, 6.07) is 13.7. The van der Waals surface area contributed by atoms with Crippen LogP contribution in [-0.4, -0.2) is 57.3 Å². The van der Waals surface area contributed by atoms with Gasteiger partial charge in [-0.2, -0.15) is 0 Å². The number of pyridine rings is 1. The third kappa shape index (κ3) is 5.21. The summed E-state index contributed by atoms with van der Waals surface area (Å²) in [5.41, 5.74) is 2.86. The molecule has 1 amide bonds. The summed E-state index contributed by atoms with van der Waals surface area (Å²) < 4.78 is 0. The SMILES string of the molecule is CC(=O)NC[C@@H]1[C@@H](c2ccc(C#C[C@@H](C)O)cc2)[C@@H](CO)N1Cc1ccccn1. The van der Waals surface area contributed by atoms with Gasteiger partial charge in [-0.05, 0) is 36.8 Å². The third-order valence-electron chi connectivity index (χ3n) is 5.22. The minimum atomic E-state index is -0.665. The largest absolute Gasteiger partial charge is 0.395 e. The molecule has 2 aromatic rings. The number of aliphatic hydroxyl groups excluding tert-OH is 2. The number of nitrogens with one attached hydrogen (secondary N) is 1. The number of hydrogen-bond donors (Lipinski definition) is 3. The smallest absolute Gasteiger partial charge is 0.216 e. The summed E-state index contributed by atoms with van der Waals surface area (Å²) in [6.07, 6.45) is 1.10. The molecular formula is C23H27N3O3. The lowest BCUT2D eigenvalue weighted by Gasteiger charge is -2.55. The molecule has 0 aliphatic carbocycles. The summed E-state index contributed by atoms with van der Waals surface area (Å²) in [4.78, 5) is 18.1. The molecule has 1 aromatic carbocycles. The lowest BCUT2D eigenvalue weighted by atomic mass is 9.74. The van der Waals surface area contributed by atoms with Gasteiger partial charge in [-0.3, -0.25) is 14.7 Å². The van der Waals surface area contributed by atoms with Crippen LogP contribution in [0.2, 0.25) is 0 Å². The summed E-state index contributed by atoms with van der Waals surface area (Å²) in [6.45, 7) is 4.29. The van der Waals surface area contributed by atoms with Gasteiger partial charge in [0.1, 0.15) is 6.10 Å². The van der Waals surface area contributed by atoms with E-state index in [1.54, 1.807) is 13.1 Å². The molecule has 1 saturated heterocycles. The highest BCUT2D eigenvalue weighted by atomic mass is 16.3. The Morgan fingerprint density at radius 1 is 1.24 bits per heavy atom. The van der Waals surface area contributed by atoms with Crippen LogP contribution in [-0.2, 0) is 11.3 Å². The van der Waals surface area contributed by atoms with E-state index in [1.165, 1.54) is 6.92 Å². The van der Waals surface area contributed by atoms with Gasteiger partial charge < -0.3 is 15.5 Å². The molecule has 4 atom stereocenters. The van der Waals surface area contributed by atoms with Crippen molar-refractivity contribution >= 4 is 5.91 Å².